The van der Waals surface area contributed by atoms with E-state index in [0.717, 1.165) is 12.0 Å². The minimum Gasteiger partial charge on any atom is -0.486 e. The van der Waals surface area contributed by atoms with E-state index in [9.17, 15) is 8.42 Å². The van der Waals surface area contributed by atoms with E-state index in [4.69, 9.17) is 14.7 Å². The number of rotatable bonds is 7. The summed E-state index contributed by atoms with van der Waals surface area (Å²) in [6.07, 6.45) is 0.750. The van der Waals surface area contributed by atoms with Crippen LogP contribution in [0.5, 0.6) is 11.5 Å². The van der Waals surface area contributed by atoms with Crippen LogP contribution in [0.4, 0.5) is 0 Å². The third-order valence-corrected chi connectivity index (χ3v) is 6.39. The van der Waals surface area contributed by atoms with Crippen LogP contribution in [0.15, 0.2) is 47.4 Å². The van der Waals surface area contributed by atoms with Crippen LogP contribution in [0.1, 0.15) is 31.4 Å². The first-order valence-corrected chi connectivity index (χ1v) is 10.7. The van der Waals surface area contributed by atoms with Crippen molar-refractivity contribution in [2.24, 2.45) is 5.92 Å². The molecule has 1 aliphatic rings. The highest BCUT2D eigenvalue weighted by atomic mass is 32.2. The topological polar surface area (TPSA) is 79.6 Å². The molecular weight excluding hydrogens is 376 g/mol. The first-order chi connectivity index (χ1) is 13.4. The van der Waals surface area contributed by atoms with Gasteiger partial charge in [-0.05, 0) is 42.2 Å². The number of benzene rings is 2. The van der Waals surface area contributed by atoms with Crippen LogP contribution in [0.2, 0.25) is 0 Å². The Morgan fingerprint density at radius 2 is 1.75 bits per heavy atom. The van der Waals surface area contributed by atoms with E-state index in [-0.39, 0.29) is 11.4 Å². The molecule has 0 saturated carbocycles. The Morgan fingerprint density at radius 3 is 2.39 bits per heavy atom. The van der Waals surface area contributed by atoms with Crippen LogP contribution in [-0.2, 0) is 16.6 Å². The molecule has 0 fully saturated rings. The van der Waals surface area contributed by atoms with Gasteiger partial charge in [0, 0.05) is 19.2 Å². The summed E-state index contributed by atoms with van der Waals surface area (Å²) < 4.78 is 39.2. The third-order valence-electron chi connectivity index (χ3n) is 4.55. The van der Waals surface area contributed by atoms with Crippen LogP contribution in [-0.4, -0.2) is 32.5 Å². The SMILES string of the molecule is CC(C)CCN(Cc1ccc(C#N)cc1)S(=O)(=O)c1ccc2c(c1)OCCO2. The van der Waals surface area contributed by atoms with Gasteiger partial charge in [0.25, 0.3) is 0 Å². The molecule has 2 aromatic carbocycles. The molecule has 1 aliphatic heterocycles. The second-order valence-corrected chi connectivity index (χ2v) is 9.07. The molecule has 0 saturated heterocycles. The average molecular weight is 401 g/mol. The average Bonchev–Trinajstić information content (AvgIpc) is 2.70. The van der Waals surface area contributed by atoms with Crippen molar-refractivity contribution in [2.45, 2.75) is 31.7 Å². The van der Waals surface area contributed by atoms with Crippen molar-refractivity contribution >= 4 is 10.0 Å². The fraction of sp³-hybridized carbons (Fsp3) is 0.381. The molecule has 28 heavy (non-hydrogen) atoms. The molecule has 0 amide bonds. The van der Waals surface area contributed by atoms with E-state index < -0.39 is 10.0 Å². The van der Waals surface area contributed by atoms with Gasteiger partial charge in [0.05, 0.1) is 16.5 Å². The number of nitrogens with zero attached hydrogens (tertiary/aromatic N) is 2. The number of hydrogen-bond acceptors (Lipinski definition) is 5. The molecule has 0 N–H and O–H groups in total. The molecule has 1 heterocycles. The lowest BCUT2D eigenvalue weighted by atomic mass is 10.1. The molecule has 0 aromatic heterocycles. The Morgan fingerprint density at radius 1 is 1.07 bits per heavy atom. The molecule has 2 aromatic rings. The molecule has 3 rings (SSSR count). The Balaban J connectivity index is 1.89. The Hall–Kier alpha value is -2.56. The maximum absolute atomic E-state index is 13.3. The molecule has 0 aliphatic carbocycles. The minimum atomic E-state index is -3.71. The van der Waals surface area contributed by atoms with Crippen molar-refractivity contribution in [2.75, 3.05) is 19.8 Å². The van der Waals surface area contributed by atoms with Crippen molar-refractivity contribution in [1.29, 1.82) is 5.26 Å². The van der Waals surface area contributed by atoms with Crippen LogP contribution in [0, 0.1) is 17.2 Å². The van der Waals surface area contributed by atoms with E-state index in [1.807, 2.05) is 0 Å². The summed E-state index contributed by atoms with van der Waals surface area (Å²) in [4.78, 5) is 0.189. The van der Waals surface area contributed by atoms with Gasteiger partial charge in [-0.25, -0.2) is 8.42 Å². The van der Waals surface area contributed by atoms with Gasteiger partial charge in [0.15, 0.2) is 11.5 Å². The molecule has 0 bridgehead atoms. The smallest absolute Gasteiger partial charge is 0.243 e. The number of fused-ring (bicyclic) bond motifs is 1. The number of ether oxygens (including phenoxy) is 2. The lowest BCUT2D eigenvalue weighted by Crippen LogP contribution is -2.32. The molecular formula is C21H24N2O4S. The molecule has 0 atom stereocenters. The zero-order chi connectivity index (χ0) is 20.1. The monoisotopic (exact) mass is 400 g/mol. The van der Waals surface area contributed by atoms with Gasteiger partial charge in [-0.3, -0.25) is 0 Å². The summed E-state index contributed by atoms with van der Waals surface area (Å²) >= 11 is 0. The van der Waals surface area contributed by atoms with E-state index in [2.05, 4.69) is 19.9 Å². The zero-order valence-electron chi connectivity index (χ0n) is 16.1. The van der Waals surface area contributed by atoms with E-state index in [1.54, 1.807) is 36.4 Å². The van der Waals surface area contributed by atoms with Crippen LogP contribution < -0.4 is 9.47 Å². The number of hydrogen-bond donors (Lipinski definition) is 0. The van der Waals surface area contributed by atoms with E-state index in [1.165, 1.54) is 10.4 Å². The Kier molecular flexibility index (Phi) is 6.22. The van der Waals surface area contributed by atoms with Gasteiger partial charge in [-0.15, -0.1) is 0 Å². The molecule has 6 nitrogen and oxygen atoms in total. The maximum atomic E-state index is 13.3. The standard InChI is InChI=1S/C21H24N2O4S/c1-16(2)9-10-23(15-18-5-3-17(14-22)4-6-18)28(24,25)19-7-8-20-21(13-19)27-12-11-26-20/h3-8,13,16H,9-12,15H2,1-2H3. The third kappa shape index (κ3) is 4.64. The van der Waals surface area contributed by atoms with Crippen LogP contribution >= 0.6 is 0 Å². The van der Waals surface area contributed by atoms with Crippen molar-refractivity contribution in [3.05, 3.63) is 53.6 Å². The molecule has 7 heteroatoms. The molecule has 0 spiro atoms. The minimum absolute atomic E-state index is 0.189. The Bertz CT molecular complexity index is 963. The van der Waals surface area contributed by atoms with Crippen molar-refractivity contribution in [1.82, 2.24) is 4.31 Å². The summed E-state index contributed by atoms with van der Waals surface area (Å²) in [7, 11) is -3.71. The molecule has 0 radical (unpaired) electrons. The van der Waals surface area contributed by atoms with E-state index in [0.29, 0.717) is 42.7 Å². The largest absolute Gasteiger partial charge is 0.486 e. The van der Waals surface area contributed by atoms with Crippen molar-refractivity contribution in [3.8, 4) is 17.6 Å². The lowest BCUT2D eigenvalue weighted by Gasteiger charge is -2.24. The molecule has 148 valence electrons. The summed E-state index contributed by atoms with van der Waals surface area (Å²) in [6, 6.07) is 13.8. The summed E-state index contributed by atoms with van der Waals surface area (Å²) in [5.41, 5.74) is 1.39. The van der Waals surface area contributed by atoms with Gasteiger partial charge < -0.3 is 9.47 Å². The second-order valence-electron chi connectivity index (χ2n) is 7.14. The highest BCUT2D eigenvalue weighted by Gasteiger charge is 2.26. The maximum Gasteiger partial charge on any atom is 0.243 e. The predicted octanol–water partition coefficient (Wildman–Crippen LogP) is 3.57. The van der Waals surface area contributed by atoms with Crippen molar-refractivity contribution < 1.29 is 17.9 Å². The van der Waals surface area contributed by atoms with E-state index >= 15 is 0 Å². The fourth-order valence-electron chi connectivity index (χ4n) is 2.91. The van der Waals surface area contributed by atoms with Crippen LogP contribution in [0.25, 0.3) is 0 Å². The highest BCUT2D eigenvalue weighted by Crippen LogP contribution is 2.33. The first-order valence-electron chi connectivity index (χ1n) is 9.29. The van der Waals surface area contributed by atoms with Gasteiger partial charge >= 0.3 is 0 Å². The second kappa shape index (κ2) is 8.63. The van der Waals surface area contributed by atoms with Crippen LogP contribution in [0.3, 0.4) is 0 Å². The van der Waals surface area contributed by atoms with Gasteiger partial charge in [0.1, 0.15) is 13.2 Å². The lowest BCUT2D eigenvalue weighted by molar-refractivity contribution is 0.171. The van der Waals surface area contributed by atoms with Gasteiger partial charge in [0.2, 0.25) is 10.0 Å². The summed E-state index contributed by atoms with van der Waals surface area (Å²) in [5, 5.41) is 8.95. The summed E-state index contributed by atoms with van der Waals surface area (Å²) in [5.74, 6) is 1.39. The predicted molar refractivity (Wildman–Crippen MR) is 106 cm³/mol. The number of sulfonamides is 1. The number of nitriles is 1. The van der Waals surface area contributed by atoms with Gasteiger partial charge in [-0.2, -0.15) is 9.57 Å². The quantitative estimate of drug-likeness (QED) is 0.710. The first kappa shape index (κ1) is 20.2. The Labute approximate surface area is 166 Å². The zero-order valence-corrected chi connectivity index (χ0v) is 16.9. The van der Waals surface area contributed by atoms with Gasteiger partial charge in [-0.1, -0.05) is 26.0 Å². The fourth-order valence-corrected chi connectivity index (χ4v) is 4.37. The molecule has 0 unspecified atom stereocenters. The normalized spacial score (nSPS) is 13.5. The summed E-state index contributed by atoms with van der Waals surface area (Å²) in [6.45, 7) is 5.65. The van der Waals surface area contributed by atoms with Crippen molar-refractivity contribution in [3.63, 3.8) is 0 Å². The highest BCUT2D eigenvalue weighted by molar-refractivity contribution is 7.89.